The number of nitrogens with one attached hydrogen (secondary N) is 1. The molecule has 0 saturated carbocycles. The van der Waals surface area contributed by atoms with Gasteiger partial charge < -0.3 is 10.7 Å². The molecule has 86 valence electrons. The van der Waals surface area contributed by atoms with Crippen molar-refractivity contribution in [3.05, 3.63) is 34.5 Å². The van der Waals surface area contributed by atoms with Gasteiger partial charge in [0.25, 0.3) is 0 Å². The summed E-state index contributed by atoms with van der Waals surface area (Å²) in [5, 5.41) is 1.96. The highest BCUT2D eigenvalue weighted by Gasteiger charge is 2.08. The van der Waals surface area contributed by atoms with Crippen LogP contribution in [0.5, 0.6) is 0 Å². The Kier molecular flexibility index (Phi) is 3.22. The van der Waals surface area contributed by atoms with Crippen LogP contribution in [-0.2, 0) is 12.8 Å². The number of nitrogens with two attached hydrogens (primary N) is 1. The van der Waals surface area contributed by atoms with Gasteiger partial charge in [-0.2, -0.15) is 0 Å². The van der Waals surface area contributed by atoms with Gasteiger partial charge in [0.05, 0.1) is 5.02 Å². The van der Waals surface area contributed by atoms with Crippen LogP contribution in [0.4, 0.5) is 0 Å². The van der Waals surface area contributed by atoms with E-state index in [1.807, 2.05) is 6.92 Å². The van der Waals surface area contributed by atoms with Gasteiger partial charge in [0.15, 0.2) is 0 Å². The van der Waals surface area contributed by atoms with Crippen LogP contribution in [0.3, 0.4) is 0 Å². The summed E-state index contributed by atoms with van der Waals surface area (Å²) in [5.74, 6) is 0. The summed E-state index contributed by atoms with van der Waals surface area (Å²) in [6, 6.07) is 6.51. The van der Waals surface area contributed by atoms with Crippen molar-refractivity contribution in [3.63, 3.8) is 0 Å². The van der Waals surface area contributed by atoms with Gasteiger partial charge in [-0.05, 0) is 37.5 Å². The first-order valence-corrected chi connectivity index (χ1v) is 6.04. The summed E-state index contributed by atoms with van der Waals surface area (Å²) in [7, 11) is 0. The van der Waals surface area contributed by atoms with E-state index >= 15 is 0 Å². The monoisotopic (exact) mass is 236 g/mol. The molecule has 0 bridgehead atoms. The molecule has 0 amide bonds. The molecule has 1 heterocycles. The minimum Gasteiger partial charge on any atom is -0.357 e. The average Bonchev–Trinajstić information content (AvgIpc) is 2.55. The summed E-state index contributed by atoms with van der Waals surface area (Å²) >= 11 is 6.30. The lowest BCUT2D eigenvalue weighted by Gasteiger charge is -2.04. The van der Waals surface area contributed by atoms with E-state index in [1.165, 1.54) is 5.56 Å². The Bertz CT molecular complexity index is 500. The first-order valence-electron chi connectivity index (χ1n) is 5.66. The quantitative estimate of drug-likeness (QED) is 0.844. The number of hydrogen-bond donors (Lipinski definition) is 2. The molecule has 1 aromatic heterocycles. The maximum Gasteiger partial charge on any atom is 0.0691 e. The Morgan fingerprint density at radius 2 is 2.19 bits per heavy atom. The number of aromatic amines is 1. The third kappa shape index (κ3) is 2.08. The second kappa shape index (κ2) is 4.48. The molecule has 2 aromatic rings. The minimum atomic E-state index is 0.181. The first-order chi connectivity index (χ1) is 7.61. The molecule has 0 aliphatic heterocycles. The zero-order valence-electron chi connectivity index (χ0n) is 9.68. The van der Waals surface area contributed by atoms with Crippen molar-refractivity contribution < 1.29 is 0 Å². The van der Waals surface area contributed by atoms with E-state index in [1.54, 1.807) is 0 Å². The SMILES string of the molecule is CCc1[nH]c2ccc(CC(C)N)cc2c1Cl. The van der Waals surface area contributed by atoms with Gasteiger partial charge in [-0.25, -0.2) is 0 Å². The molecule has 16 heavy (non-hydrogen) atoms. The van der Waals surface area contributed by atoms with Crippen molar-refractivity contribution in [1.82, 2.24) is 4.98 Å². The Morgan fingerprint density at radius 1 is 1.44 bits per heavy atom. The highest BCUT2D eigenvalue weighted by molar-refractivity contribution is 6.36. The number of rotatable bonds is 3. The number of fused-ring (bicyclic) bond motifs is 1. The summed E-state index contributed by atoms with van der Waals surface area (Å²) in [6.07, 6.45) is 1.81. The van der Waals surface area contributed by atoms with Crippen molar-refractivity contribution in [2.45, 2.75) is 32.7 Å². The Morgan fingerprint density at radius 3 is 2.81 bits per heavy atom. The third-order valence-corrected chi connectivity index (χ3v) is 3.21. The molecular weight excluding hydrogens is 220 g/mol. The Labute approximate surface area is 101 Å². The number of benzene rings is 1. The van der Waals surface area contributed by atoms with E-state index in [9.17, 15) is 0 Å². The average molecular weight is 237 g/mol. The van der Waals surface area contributed by atoms with Crippen LogP contribution in [0.1, 0.15) is 25.1 Å². The highest BCUT2D eigenvalue weighted by Crippen LogP contribution is 2.28. The molecule has 3 N–H and O–H groups in total. The molecule has 0 aliphatic carbocycles. The third-order valence-electron chi connectivity index (χ3n) is 2.78. The smallest absolute Gasteiger partial charge is 0.0691 e. The molecule has 0 fully saturated rings. The molecule has 1 unspecified atom stereocenters. The van der Waals surface area contributed by atoms with E-state index in [2.05, 4.69) is 30.1 Å². The zero-order chi connectivity index (χ0) is 11.7. The molecule has 0 spiro atoms. The van der Waals surface area contributed by atoms with Gasteiger partial charge in [-0.3, -0.25) is 0 Å². The predicted molar refractivity (Wildman–Crippen MR) is 70.0 cm³/mol. The van der Waals surface area contributed by atoms with Crippen LogP contribution in [0.2, 0.25) is 5.02 Å². The summed E-state index contributed by atoms with van der Waals surface area (Å²) in [4.78, 5) is 3.33. The van der Waals surface area contributed by atoms with Crippen LogP contribution < -0.4 is 5.73 Å². The first kappa shape index (κ1) is 11.5. The van der Waals surface area contributed by atoms with Gasteiger partial charge in [-0.15, -0.1) is 0 Å². The highest BCUT2D eigenvalue weighted by atomic mass is 35.5. The van der Waals surface area contributed by atoms with E-state index < -0.39 is 0 Å². The molecule has 1 atom stereocenters. The number of halogens is 1. The minimum absolute atomic E-state index is 0.181. The standard InChI is InChI=1S/C13H17ClN2/c1-3-11-13(14)10-7-9(6-8(2)15)4-5-12(10)16-11/h4-5,7-8,16H,3,6,15H2,1-2H3. The van der Waals surface area contributed by atoms with Crippen molar-refractivity contribution in [2.24, 2.45) is 5.73 Å². The lowest BCUT2D eigenvalue weighted by molar-refractivity contribution is 0.739. The number of aromatic nitrogens is 1. The van der Waals surface area contributed by atoms with Crippen LogP contribution in [-0.4, -0.2) is 11.0 Å². The zero-order valence-corrected chi connectivity index (χ0v) is 10.4. The molecule has 2 rings (SSSR count). The largest absolute Gasteiger partial charge is 0.357 e. The van der Waals surface area contributed by atoms with Gasteiger partial charge in [-0.1, -0.05) is 24.6 Å². The molecule has 0 aliphatic rings. The maximum absolute atomic E-state index is 6.30. The van der Waals surface area contributed by atoms with Crippen molar-refractivity contribution in [3.8, 4) is 0 Å². The predicted octanol–water partition coefficient (Wildman–Crippen LogP) is 3.27. The number of hydrogen-bond acceptors (Lipinski definition) is 1. The molecular formula is C13H17ClN2. The van der Waals surface area contributed by atoms with Crippen LogP contribution in [0, 0.1) is 0 Å². The topological polar surface area (TPSA) is 41.8 Å². The van der Waals surface area contributed by atoms with Crippen molar-refractivity contribution >= 4 is 22.5 Å². The fourth-order valence-corrected chi connectivity index (χ4v) is 2.34. The fraction of sp³-hybridized carbons (Fsp3) is 0.385. The van der Waals surface area contributed by atoms with E-state index in [4.69, 9.17) is 17.3 Å². The molecule has 3 heteroatoms. The summed E-state index contributed by atoms with van der Waals surface area (Å²) < 4.78 is 0. The van der Waals surface area contributed by atoms with Crippen molar-refractivity contribution in [1.29, 1.82) is 0 Å². The van der Waals surface area contributed by atoms with Crippen LogP contribution in [0.25, 0.3) is 10.9 Å². The van der Waals surface area contributed by atoms with Gasteiger partial charge >= 0.3 is 0 Å². The van der Waals surface area contributed by atoms with Gasteiger partial charge in [0.2, 0.25) is 0 Å². The number of aryl methyl sites for hydroxylation is 1. The second-order valence-electron chi connectivity index (χ2n) is 4.33. The lowest BCUT2D eigenvalue weighted by atomic mass is 10.1. The molecule has 2 nitrogen and oxygen atoms in total. The molecule has 1 aromatic carbocycles. The summed E-state index contributed by atoms with van der Waals surface area (Å²) in [6.45, 7) is 4.11. The molecule has 0 saturated heterocycles. The Balaban J connectivity index is 2.48. The van der Waals surface area contributed by atoms with Crippen molar-refractivity contribution in [2.75, 3.05) is 0 Å². The van der Waals surface area contributed by atoms with E-state index in [0.29, 0.717) is 0 Å². The Hall–Kier alpha value is -0.990. The van der Waals surface area contributed by atoms with Gasteiger partial charge in [0.1, 0.15) is 0 Å². The van der Waals surface area contributed by atoms with E-state index in [0.717, 1.165) is 34.5 Å². The maximum atomic E-state index is 6.30. The van der Waals surface area contributed by atoms with Crippen LogP contribution in [0.15, 0.2) is 18.2 Å². The van der Waals surface area contributed by atoms with E-state index in [-0.39, 0.29) is 6.04 Å². The summed E-state index contributed by atoms with van der Waals surface area (Å²) in [5.41, 5.74) is 9.25. The normalized spacial score (nSPS) is 13.2. The van der Waals surface area contributed by atoms with Crippen LogP contribution >= 0.6 is 11.6 Å². The number of H-pyrrole nitrogens is 1. The lowest BCUT2D eigenvalue weighted by Crippen LogP contribution is -2.17. The fourth-order valence-electron chi connectivity index (χ4n) is 2.00. The second-order valence-corrected chi connectivity index (χ2v) is 4.71. The molecule has 0 radical (unpaired) electrons. The van der Waals surface area contributed by atoms with Gasteiger partial charge in [0, 0.05) is 22.6 Å².